The van der Waals surface area contributed by atoms with Crippen molar-refractivity contribution in [2.75, 3.05) is 0 Å². The molecule has 0 heterocycles. The number of nitrogens with two attached hydrogens (primary N) is 1. The Morgan fingerprint density at radius 2 is 1.61 bits per heavy atom. The number of carboxylic acid groups (broad SMARTS) is 1. The number of aliphatic carboxylic acids is 1. The molecule has 0 radical (unpaired) electrons. The van der Waals surface area contributed by atoms with Gasteiger partial charge in [0.2, 0.25) is 0 Å². The van der Waals surface area contributed by atoms with Gasteiger partial charge in [-0.15, -0.1) is 0 Å². The van der Waals surface area contributed by atoms with Crippen LogP contribution in [0.5, 0.6) is 0 Å². The molecule has 3 N–H and O–H groups in total. The van der Waals surface area contributed by atoms with Crippen molar-refractivity contribution in [3.63, 3.8) is 0 Å². The third kappa shape index (κ3) is 4.23. The van der Waals surface area contributed by atoms with Crippen molar-refractivity contribution in [2.24, 2.45) is 56.5 Å². The van der Waals surface area contributed by atoms with E-state index >= 15 is 0 Å². The van der Waals surface area contributed by atoms with E-state index in [1.165, 1.54) is 5.57 Å². The Morgan fingerprint density at radius 1 is 0.951 bits per heavy atom. The molecule has 0 aromatic carbocycles. The van der Waals surface area contributed by atoms with E-state index in [0.29, 0.717) is 24.2 Å². The predicted octanol–water partition coefficient (Wildman–Crippen LogP) is 7.09. The van der Waals surface area contributed by atoms with E-state index in [2.05, 4.69) is 48.5 Å². The molecule has 8 atom stereocenters. The Hall–Kier alpha value is -1.69. The molecule has 0 bridgehead atoms. The summed E-state index contributed by atoms with van der Waals surface area (Å²) in [5.74, 6) is 0.462. The number of allylic oxidation sites excluding steroid dienone is 1. The molecule has 41 heavy (non-hydrogen) atoms. The minimum atomic E-state index is -1.14. The molecule has 0 aliphatic heterocycles. The van der Waals surface area contributed by atoms with E-state index in [4.69, 9.17) is 10.5 Å². The molecule has 4 saturated carbocycles. The molecule has 5 rings (SSSR count). The number of fused-ring (bicyclic) bond motifs is 7. The van der Waals surface area contributed by atoms with Gasteiger partial charge in [0, 0.05) is 17.4 Å². The van der Waals surface area contributed by atoms with E-state index in [1.807, 2.05) is 0 Å². The van der Waals surface area contributed by atoms with Crippen molar-refractivity contribution in [3.8, 4) is 0 Å². The zero-order valence-corrected chi connectivity index (χ0v) is 27.1. The minimum Gasteiger partial charge on any atom is -0.481 e. The van der Waals surface area contributed by atoms with Crippen LogP contribution in [-0.4, -0.2) is 34.5 Å². The topological polar surface area (TPSA) is 107 Å². The zero-order chi connectivity index (χ0) is 30.6. The van der Waals surface area contributed by atoms with E-state index < -0.39 is 22.9 Å². The van der Waals surface area contributed by atoms with Crippen LogP contribution in [-0.2, 0) is 19.1 Å². The standard InChI is InChI=1S/C35H55NO5/c1-20(2)27-22(37)18-35(36)17-16-33(8)21(28(27)35)10-11-24-32(7)14-13-25(41-26(38)19-30(3,4)29(39)40)31(5,6)23(32)12-15-34(24,33)9/h20-21,23-25H,10-19,36H2,1-9H3,(H,39,40)/t21-,23+,24-,25+,32+,33-,34-,35-/m1/s1. The third-order valence-electron chi connectivity index (χ3n) is 13.9. The summed E-state index contributed by atoms with van der Waals surface area (Å²) in [7, 11) is 0. The molecule has 4 fully saturated rings. The van der Waals surface area contributed by atoms with Gasteiger partial charge in [0.15, 0.2) is 5.78 Å². The van der Waals surface area contributed by atoms with E-state index in [-0.39, 0.29) is 45.9 Å². The maximum Gasteiger partial charge on any atom is 0.309 e. The monoisotopic (exact) mass is 569 g/mol. The SMILES string of the molecule is CC(C)C1=C2[C@H]3CC[C@@H]4[C@@]5(C)CC[C@H](OC(=O)CC(C)(C)C(=O)O)C(C)(C)[C@@H]5CC[C@@]4(C)[C@]3(C)CC[C@@]2(N)CC1=O. The average Bonchev–Trinajstić information content (AvgIpc) is 3.11. The van der Waals surface area contributed by atoms with Crippen molar-refractivity contribution >= 4 is 17.7 Å². The summed E-state index contributed by atoms with van der Waals surface area (Å²) < 4.78 is 6.10. The maximum absolute atomic E-state index is 13.3. The van der Waals surface area contributed by atoms with Crippen LogP contribution in [0.4, 0.5) is 0 Å². The number of rotatable bonds is 5. The summed E-state index contributed by atoms with van der Waals surface area (Å²) in [5, 5.41) is 9.51. The number of carboxylic acids is 1. The first-order chi connectivity index (χ1) is 18.7. The smallest absolute Gasteiger partial charge is 0.309 e. The Bertz CT molecular complexity index is 1180. The normalized spacial score (nSPS) is 43.6. The van der Waals surface area contributed by atoms with Gasteiger partial charge >= 0.3 is 11.9 Å². The van der Waals surface area contributed by atoms with Crippen molar-refractivity contribution in [3.05, 3.63) is 11.1 Å². The minimum absolute atomic E-state index is 0.0999. The second-order valence-corrected chi connectivity index (χ2v) is 17.1. The van der Waals surface area contributed by atoms with Gasteiger partial charge in [-0.2, -0.15) is 0 Å². The quantitative estimate of drug-likeness (QED) is 0.342. The van der Waals surface area contributed by atoms with Crippen molar-refractivity contribution in [1.82, 2.24) is 0 Å². The second kappa shape index (κ2) is 9.40. The number of ketones is 1. The van der Waals surface area contributed by atoms with Crippen LogP contribution in [0.25, 0.3) is 0 Å². The van der Waals surface area contributed by atoms with Crippen LogP contribution >= 0.6 is 0 Å². The third-order valence-corrected chi connectivity index (χ3v) is 13.9. The van der Waals surface area contributed by atoms with E-state index in [9.17, 15) is 19.5 Å². The van der Waals surface area contributed by atoms with Crippen molar-refractivity contribution < 1.29 is 24.2 Å². The Balaban J connectivity index is 1.43. The maximum atomic E-state index is 13.3. The fraction of sp³-hybridized carbons (Fsp3) is 0.857. The highest BCUT2D eigenvalue weighted by Crippen LogP contribution is 2.75. The highest BCUT2D eigenvalue weighted by Gasteiger charge is 2.69. The summed E-state index contributed by atoms with van der Waals surface area (Å²) in [4.78, 5) is 37.8. The molecule has 0 spiro atoms. The molecule has 0 unspecified atom stereocenters. The number of carbonyl (C=O) groups is 3. The highest BCUT2D eigenvalue weighted by molar-refractivity contribution is 6.01. The van der Waals surface area contributed by atoms with Crippen molar-refractivity contribution in [1.29, 1.82) is 0 Å². The van der Waals surface area contributed by atoms with Gasteiger partial charge in [0.25, 0.3) is 0 Å². The Kier molecular flexibility index (Phi) is 7.05. The first kappa shape index (κ1) is 30.8. The molecule has 230 valence electrons. The van der Waals surface area contributed by atoms with Gasteiger partial charge in [-0.3, -0.25) is 14.4 Å². The first-order valence-corrected chi connectivity index (χ1v) is 16.2. The molecule has 0 aromatic rings. The van der Waals surface area contributed by atoms with Gasteiger partial charge in [-0.05, 0) is 116 Å². The lowest BCUT2D eigenvalue weighted by molar-refractivity contribution is -0.232. The van der Waals surface area contributed by atoms with Crippen LogP contribution in [0.1, 0.15) is 127 Å². The lowest BCUT2D eigenvalue weighted by atomic mass is 9.33. The molecule has 6 nitrogen and oxygen atoms in total. The predicted molar refractivity (Wildman–Crippen MR) is 160 cm³/mol. The fourth-order valence-corrected chi connectivity index (χ4v) is 11.4. The number of esters is 1. The van der Waals surface area contributed by atoms with Crippen molar-refractivity contribution in [2.45, 2.75) is 138 Å². The first-order valence-electron chi connectivity index (χ1n) is 16.2. The zero-order valence-electron chi connectivity index (χ0n) is 27.1. The lowest BCUT2D eigenvalue weighted by Gasteiger charge is -2.72. The Morgan fingerprint density at radius 3 is 2.22 bits per heavy atom. The molecule has 0 aromatic heterocycles. The molecular formula is C35H55NO5. The molecule has 5 aliphatic rings. The van der Waals surface area contributed by atoms with Gasteiger partial charge in [-0.25, -0.2) is 0 Å². The molecule has 6 heteroatoms. The largest absolute Gasteiger partial charge is 0.481 e. The average molecular weight is 570 g/mol. The fourth-order valence-electron chi connectivity index (χ4n) is 11.4. The molecular weight excluding hydrogens is 514 g/mol. The van der Waals surface area contributed by atoms with E-state index in [1.54, 1.807) is 13.8 Å². The van der Waals surface area contributed by atoms with Gasteiger partial charge in [0.05, 0.1) is 11.8 Å². The summed E-state index contributed by atoms with van der Waals surface area (Å²) in [6, 6.07) is 0. The molecule has 5 aliphatic carbocycles. The number of carbonyl (C=O) groups excluding carboxylic acids is 2. The number of ether oxygens (including phenoxy) is 1. The van der Waals surface area contributed by atoms with E-state index in [0.717, 1.165) is 56.9 Å². The second-order valence-electron chi connectivity index (χ2n) is 17.1. The molecule has 0 saturated heterocycles. The van der Waals surface area contributed by atoms with Gasteiger partial charge in [-0.1, -0.05) is 48.5 Å². The van der Waals surface area contributed by atoms with Crippen LogP contribution in [0.2, 0.25) is 0 Å². The Labute approximate surface area is 247 Å². The molecule has 0 amide bonds. The number of hydrogen-bond acceptors (Lipinski definition) is 5. The van der Waals surface area contributed by atoms with Crippen LogP contribution < -0.4 is 5.73 Å². The summed E-state index contributed by atoms with van der Waals surface area (Å²) in [6.45, 7) is 19.7. The number of hydrogen-bond donors (Lipinski definition) is 2. The van der Waals surface area contributed by atoms with Crippen LogP contribution in [0.3, 0.4) is 0 Å². The summed E-state index contributed by atoms with van der Waals surface area (Å²) >= 11 is 0. The summed E-state index contributed by atoms with van der Waals surface area (Å²) in [6.07, 6.45) is 8.45. The van der Waals surface area contributed by atoms with Crippen LogP contribution in [0.15, 0.2) is 11.1 Å². The van der Waals surface area contributed by atoms with Crippen LogP contribution in [0, 0.1) is 50.7 Å². The lowest BCUT2D eigenvalue weighted by Crippen LogP contribution is -2.66. The highest BCUT2D eigenvalue weighted by atomic mass is 16.5. The number of Topliss-reactive ketones (excluding diaryl/α,β-unsaturated/α-hetero) is 1. The van der Waals surface area contributed by atoms with Gasteiger partial charge < -0.3 is 15.6 Å². The summed E-state index contributed by atoms with van der Waals surface area (Å²) in [5.41, 5.74) is 8.04. The van der Waals surface area contributed by atoms with Gasteiger partial charge in [0.1, 0.15) is 6.10 Å².